The second-order valence-corrected chi connectivity index (χ2v) is 4.87. The van der Waals surface area contributed by atoms with Gasteiger partial charge in [-0.3, -0.25) is 0 Å². The molecule has 1 aromatic carbocycles. The minimum Gasteiger partial charge on any atom is -0.227 e. The van der Waals surface area contributed by atoms with E-state index >= 15 is 0 Å². The molecule has 0 amide bonds. The van der Waals surface area contributed by atoms with Gasteiger partial charge in [-0.1, -0.05) is 30.3 Å². The van der Waals surface area contributed by atoms with Gasteiger partial charge >= 0.3 is 0 Å². The van der Waals surface area contributed by atoms with E-state index in [9.17, 15) is 8.42 Å². The Morgan fingerprint density at radius 1 is 1.25 bits per heavy atom. The maximum atomic E-state index is 10.8. The molecule has 12 heavy (non-hydrogen) atoms. The first-order chi connectivity index (χ1) is 5.52. The van der Waals surface area contributed by atoms with Gasteiger partial charge in [0.05, 0.1) is 0 Å². The number of hydrogen-bond acceptors (Lipinski definition) is 3. The molecule has 0 spiro atoms. The molecule has 0 saturated heterocycles. The van der Waals surface area contributed by atoms with Gasteiger partial charge in [-0.05, 0) is 5.56 Å². The van der Waals surface area contributed by atoms with E-state index in [0.29, 0.717) is 5.56 Å². The van der Waals surface area contributed by atoms with Gasteiger partial charge in [-0.25, -0.2) is 13.6 Å². The normalized spacial score (nSPS) is 14.2. The molecule has 0 aliphatic carbocycles. The Morgan fingerprint density at radius 2 is 1.75 bits per heavy atom. The summed E-state index contributed by atoms with van der Waals surface area (Å²) in [6.07, 6.45) is 0. The predicted octanol–water partition coefficient (Wildman–Crippen LogP) is 0.904. The molecule has 0 radical (unpaired) electrons. The van der Waals surface area contributed by atoms with E-state index in [0.717, 1.165) is 0 Å². The molecule has 66 valence electrons. The number of sulfonamides is 1. The Kier molecular flexibility index (Phi) is 2.76. The smallest absolute Gasteiger partial charge is 0.225 e. The van der Waals surface area contributed by atoms with E-state index in [1.54, 1.807) is 30.3 Å². The highest BCUT2D eigenvalue weighted by Gasteiger charge is 2.17. The van der Waals surface area contributed by atoms with Crippen LogP contribution in [0.25, 0.3) is 0 Å². The van der Waals surface area contributed by atoms with Crippen LogP contribution in [-0.2, 0) is 10.0 Å². The zero-order valence-corrected chi connectivity index (χ0v) is 7.92. The Bertz CT molecular complexity index is 347. The topological polar surface area (TPSA) is 60.2 Å². The third kappa shape index (κ3) is 2.23. The van der Waals surface area contributed by atoms with Crippen molar-refractivity contribution in [3.8, 4) is 0 Å². The molecule has 0 saturated carbocycles. The van der Waals surface area contributed by atoms with E-state index < -0.39 is 14.6 Å². The van der Waals surface area contributed by atoms with Crippen LogP contribution in [-0.4, -0.2) is 8.42 Å². The summed E-state index contributed by atoms with van der Waals surface area (Å²) in [5.41, 5.74) is 0.586. The fourth-order valence-corrected chi connectivity index (χ4v) is 1.52. The molecule has 1 atom stereocenters. The molecule has 0 bridgehead atoms. The maximum absolute atomic E-state index is 10.8. The number of benzene rings is 1. The highest BCUT2D eigenvalue weighted by Crippen LogP contribution is 2.22. The van der Waals surface area contributed by atoms with E-state index in [2.05, 4.69) is 12.6 Å². The van der Waals surface area contributed by atoms with Gasteiger partial charge in [0.2, 0.25) is 10.0 Å². The first-order valence-electron chi connectivity index (χ1n) is 3.26. The second-order valence-electron chi connectivity index (χ2n) is 2.35. The van der Waals surface area contributed by atoms with Gasteiger partial charge in [0.1, 0.15) is 4.58 Å². The summed E-state index contributed by atoms with van der Waals surface area (Å²) in [5.74, 6) is 0. The molecule has 1 rings (SSSR count). The summed E-state index contributed by atoms with van der Waals surface area (Å²) >= 11 is 3.89. The fraction of sp³-hybridized carbons (Fsp3) is 0.143. The zero-order valence-electron chi connectivity index (χ0n) is 6.21. The number of rotatable bonds is 2. The maximum Gasteiger partial charge on any atom is 0.225 e. The quantitative estimate of drug-likeness (QED) is 0.702. The summed E-state index contributed by atoms with van der Waals surface area (Å²) in [5, 5.41) is 4.91. The Labute approximate surface area is 77.1 Å². The van der Waals surface area contributed by atoms with Gasteiger partial charge in [0.25, 0.3) is 0 Å². The standard InChI is InChI=1S/C7H9NO2S2/c8-12(9,10)7(11)6-4-2-1-3-5-6/h1-5,7,11H,(H2,8,9,10). The van der Waals surface area contributed by atoms with E-state index in [4.69, 9.17) is 5.14 Å². The van der Waals surface area contributed by atoms with Crippen LogP contribution < -0.4 is 5.14 Å². The van der Waals surface area contributed by atoms with Crippen LogP contribution in [0.5, 0.6) is 0 Å². The minimum atomic E-state index is -3.59. The average molecular weight is 203 g/mol. The number of thiol groups is 1. The van der Waals surface area contributed by atoms with Crippen molar-refractivity contribution in [1.29, 1.82) is 0 Å². The SMILES string of the molecule is NS(=O)(=O)C(S)c1ccccc1. The van der Waals surface area contributed by atoms with E-state index in [1.165, 1.54) is 0 Å². The Morgan fingerprint density at radius 3 is 2.17 bits per heavy atom. The largest absolute Gasteiger partial charge is 0.227 e. The minimum absolute atomic E-state index is 0.586. The Balaban J connectivity index is 3.02. The van der Waals surface area contributed by atoms with Crippen molar-refractivity contribution in [3.05, 3.63) is 35.9 Å². The predicted molar refractivity (Wildman–Crippen MR) is 51.3 cm³/mol. The van der Waals surface area contributed by atoms with Crippen molar-refractivity contribution in [2.75, 3.05) is 0 Å². The van der Waals surface area contributed by atoms with Crippen LogP contribution >= 0.6 is 12.6 Å². The molecule has 5 heteroatoms. The van der Waals surface area contributed by atoms with Crippen LogP contribution in [0.3, 0.4) is 0 Å². The lowest BCUT2D eigenvalue weighted by Crippen LogP contribution is -2.17. The molecular formula is C7H9NO2S2. The fourth-order valence-electron chi connectivity index (χ4n) is 0.807. The number of hydrogen-bond donors (Lipinski definition) is 2. The molecule has 3 nitrogen and oxygen atoms in total. The molecule has 0 aromatic heterocycles. The molecular weight excluding hydrogens is 194 g/mol. The summed E-state index contributed by atoms with van der Waals surface area (Å²) < 4.78 is 20.7. The summed E-state index contributed by atoms with van der Waals surface area (Å²) in [4.78, 5) is 0. The van der Waals surface area contributed by atoms with Gasteiger partial charge in [-0.2, -0.15) is 12.6 Å². The molecule has 1 aromatic rings. The highest BCUT2D eigenvalue weighted by atomic mass is 32.3. The number of primary sulfonamides is 1. The van der Waals surface area contributed by atoms with Crippen LogP contribution in [0.2, 0.25) is 0 Å². The van der Waals surface area contributed by atoms with Crippen LogP contribution in [0.4, 0.5) is 0 Å². The second kappa shape index (κ2) is 3.47. The number of nitrogens with two attached hydrogens (primary N) is 1. The van der Waals surface area contributed by atoms with Crippen molar-refractivity contribution in [2.24, 2.45) is 5.14 Å². The molecule has 0 fully saturated rings. The average Bonchev–Trinajstić information content (AvgIpc) is 2.03. The van der Waals surface area contributed by atoms with Crippen molar-refractivity contribution >= 4 is 22.7 Å². The van der Waals surface area contributed by atoms with Gasteiger partial charge in [0, 0.05) is 0 Å². The van der Waals surface area contributed by atoms with Gasteiger partial charge in [-0.15, -0.1) is 0 Å². The van der Waals surface area contributed by atoms with Crippen LogP contribution in [0.15, 0.2) is 30.3 Å². The first kappa shape index (κ1) is 9.57. The monoisotopic (exact) mass is 203 g/mol. The summed E-state index contributed by atoms with van der Waals surface area (Å²) in [6, 6.07) is 8.62. The van der Waals surface area contributed by atoms with Gasteiger partial charge in [0.15, 0.2) is 0 Å². The lowest BCUT2D eigenvalue weighted by Gasteiger charge is -2.06. The highest BCUT2D eigenvalue weighted by molar-refractivity contribution is 8.02. The zero-order chi connectivity index (χ0) is 9.19. The summed E-state index contributed by atoms with van der Waals surface area (Å²) in [6.45, 7) is 0. The van der Waals surface area contributed by atoms with E-state index in [1.807, 2.05) is 0 Å². The van der Waals surface area contributed by atoms with Crippen molar-refractivity contribution in [2.45, 2.75) is 4.58 Å². The molecule has 2 N–H and O–H groups in total. The third-order valence-electron chi connectivity index (χ3n) is 1.40. The lowest BCUT2D eigenvalue weighted by molar-refractivity contribution is 0.596. The van der Waals surface area contributed by atoms with Crippen LogP contribution in [0, 0.1) is 0 Å². The molecule has 0 aliphatic heterocycles. The molecule has 1 unspecified atom stereocenters. The lowest BCUT2D eigenvalue weighted by atomic mass is 10.2. The summed E-state index contributed by atoms with van der Waals surface area (Å²) in [7, 11) is -3.59. The van der Waals surface area contributed by atoms with Gasteiger partial charge < -0.3 is 0 Å². The van der Waals surface area contributed by atoms with Crippen LogP contribution in [0.1, 0.15) is 10.1 Å². The molecule has 0 heterocycles. The third-order valence-corrected chi connectivity index (χ3v) is 3.47. The Hall–Kier alpha value is -0.520. The molecule has 0 aliphatic rings. The van der Waals surface area contributed by atoms with Crippen molar-refractivity contribution < 1.29 is 8.42 Å². The van der Waals surface area contributed by atoms with Crippen molar-refractivity contribution in [3.63, 3.8) is 0 Å². The first-order valence-corrected chi connectivity index (χ1v) is 5.39. The van der Waals surface area contributed by atoms with Crippen molar-refractivity contribution in [1.82, 2.24) is 0 Å². The van der Waals surface area contributed by atoms with E-state index in [-0.39, 0.29) is 0 Å².